The fraction of sp³-hybridized carbons (Fsp3) is 0.348. The van der Waals surface area contributed by atoms with E-state index in [2.05, 4.69) is 15.9 Å². The molecule has 0 radical (unpaired) electrons. The molecular formula is C23H23BrF3NO6. The van der Waals surface area contributed by atoms with E-state index >= 15 is 0 Å². The van der Waals surface area contributed by atoms with Crippen molar-refractivity contribution in [2.45, 2.75) is 12.7 Å². The molecule has 11 heteroatoms. The zero-order valence-electron chi connectivity index (χ0n) is 18.4. The quantitative estimate of drug-likeness (QED) is 0.376. The van der Waals surface area contributed by atoms with Crippen molar-refractivity contribution >= 4 is 26.9 Å². The second-order valence-electron chi connectivity index (χ2n) is 7.32. The van der Waals surface area contributed by atoms with Gasteiger partial charge in [0.05, 0.1) is 28.6 Å². The second kappa shape index (κ2) is 11.2. The molecule has 0 aliphatic heterocycles. The van der Waals surface area contributed by atoms with E-state index in [1.54, 1.807) is 23.1 Å². The van der Waals surface area contributed by atoms with Crippen LogP contribution in [0.25, 0.3) is 11.0 Å². The SMILES string of the molecule is COCCN(CCOC)Cc1c(O)ccc2c(=O)c(Oc3ccccc3Br)c(C(F)(F)F)oc12. The first-order chi connectivity index (χ1) is 16.2. The summed E-state index contributed by atoms with van der Waals surface area (Å²) in [5.74, 6) is -2.86. The van der Waals surface area contributed by atoms with E-state index in [1.165, 1.54) is 32.4 Å². The van der Waals surface area contributed by atoms with Gasteiger partial charge in [-0.05, 0) is 40.2 Å². The second-order valence-corrected chi connectivity index (χ2v) is 8.18. The number of hydrogen-bond acceptors (Lipinski definition) is 7. The van der Waals surface area contributed by atoms with Gasteiger partial charge < -0.3 is 23.7 Å². The van der Waals surface area contributed by atoms with Crippen LogP contribution in [0, 0.1) is 0 Å². The third kappa shape index (κ3) is 5.90. The summed E-state index contributed by atoms with van der Waals surface area (Å²) in [6.45, 7) is 1.51. The Morgan fingerprint density at radius 1 is 1.06 bits per heavy atom. The van der Waals surface area contributed by atoms with Gasteiger partial charge in [-0.3, -0.25) is 9.69 Å². The first-order valence-electron chi connectivity index (χ1n) is 10.2. The van der Waals surface area contributed by atoms with Gasteiger partial charge in [0.2, 0.25) is 11.2 Å². The third-order valence-corrected chi connectivity index (χ3v) is 5.66. The monoisotopic (exact) mass is 545 g/mol. The summed E-state index contributed by atoms with van der Waals surface area (Å²) in [7, 11) is 3.04. The molecule has 1 heterocycles. The molecule has 1 aromatic heterocycles. The molecule has 0 atom stereocenters. The van der Waals surface area contributed by atoms with Gasteiger partial charge in [-0.25, -0.2) is 0 Å². The van der Waals surface area contributed by atoms with Crippen molar-refractivity contribution in [3.05, 3.63) is 62.4 Å². The van der Waals surface area contributed by atoms with E-state index in [1.807, 2.05) is 0 Å². The number of hydrogen-bond donors (Lipinski definition) is 1. The Kier molecular flexibility index (Phi) is 8.58. The number of rotatable bonds is 10. The number of alkyl halides is 3. The minimum absolute atomic E-state index is 0.000563. The van der Waals surface area contributed by atoms with E-state index in [-0.39, 0.29) is 34.6 Å². The zero-order chi connectivity index (χ0) is 24.9. The molecule has 34 heavy (non-hydrogen) atoms. The van der Waals surface area contributed by atoms with Crippen LogP contribution >= 0.6 is 15.9 Å². The highest BCUT2D eigenvalue weighted by atomic mass is 79.9. The lowest BCUT2D eigenvalue weighted by Gasteiger charge is -2.23. The van der Waals surface area contributed by atoms with Crippen LogP contribution in [-0.2, 0) is 22.2 Å². The molecule has 0 saturated carbocycles. The van der Waals surface area contributed by atoms with Crippen LogP contribution in [0.5, 0.6) is 17.2 Å². The van der Waals surface area contributed by atoms with Crippen molar-refractivity contribution in [1.29, 1.82) is 0 Å². The van der Waals surface area contributed by atoms with Crippen LogP contribution in [0.3, 0.4) is 0 Å². The third-order valence-electron chi connectivity index (χ3n) is 5.01. The summed E-state index contributed by atoms with van der Waals surface area (Å²) in [4.78, 5) is 15.0. The summed E-state index contributed by atoms with van der Waals surface area (Å²) < 4.78 is 63.0. The van der Waals surface area contributed by atoms with Gasteiger partial charge in [0, 0.05) is 33.9 Å². The molecule has 0 spiro atoms. The van der Waals surface area contributed by atoms with E-state index in [9.17, 15) is 23.1 Å². The number of benzene rings is 2. The molecule has 7 nitrogen and oxygen atoms in total. The van der Waals surface area contributed by atoms with Crippen molar-refractivity contribution in [1.82, 2.24) is 4.90 Å². The lowest BCUT2D eigenvalue weighted by Crippen LogP contribution is -2.30. The molecule has 0 bridgehead atoms. The van der Waals surface area contributed by atoms with Gasteiger partial charge in [0.1, 0.15) is 17.1 Å². The largest absolute Gasteiger partial charge is 0.507 e. The van der Waals surface area contributed by atoms with Crippen LogP contribution in [-0.4, -0.2) is 50.5 Å². The lowest BCUT2D eigenvalue weighted by molar-refractivity contribution is -0.154. The number of phenols is 1. The van der Waals surface area contributed by atoms with E-state index in [0.717, 1.165) is 0 Å². The topological polar surface area (TPSA) is 81.4 Å². The highest BCUT2D eigenvalue weighted by molar-refractivity contribution is 9.10. The summed E-state index contributed by atoms with van der Waals surface area (Å²) >= 11 is 3.19. The van der Waals surface area contributed by atoms with E-state index in [4.69, 9.17) is 18.6 Å². The Balaban J connectivity index is 2.17. The molecule has 0 aliphatic rings. The van der Waals surface area contributed by atoms with Crippen molar-refractivity contribution in [2.75, 3.05) is 40.5 Å². The number of ether oxygens (including phenoxy) is 3. The Morgan fingerprint density at radius 2 is 1.71 bits per heavy atom. The Bertz CT molecular complexity index is 1190. The highest BCUT2D eigenvalue weighted by Gasteiger charge is 2.41. The molecule has 3 rings (SSSR count). The predicted molar refractivity (Wildman–Crippen MR) is 122 cm³/mol. The highest BCUT2D eigenvalue weighted by Crippen LogP contribution is 2.41. The minimum atomic E-state index is -5.03. The number of para-hydroxylation sites is 1. The zero-order valence-corrected chi connectivity index (χ0v) is 20.0. The summed E-state index contributed by atoms with van der Waals surface area (Å²) in [6, 6.07) is 8.64. The summed E-state index contributed by atoms with van der Waals surface area (Å²) in [6.07, 6.45) is -5.03. The van der Waals surface area contributed by atoms with Crippen LogP contribution in [0.1, 0.15) is 11.3 Å². The average Bonchev–Trinajstić information content (AvgIpc) is 2.79. The summed E-state index contributed by atoms with van der Waals surface area (Å²) in [5, 5.41) is 10.3. The lowest BCUT2D eigenvalue weighted by atomic mass is 10.1. The molecule has 184 valence electrons. The van der Waals surface area contributed by atoms with Crippen LogP contribution in [0.2, 0.25) is 0 Å². The molecule has 1 N–H and O–H groups in total. The maximum absolute atomic E-state index is 14.0. The van der Waals surface area contributed by atoms with Crippen LogP contribution in [0.15, 0.2) is 50.1 Å². The molecule has 0 aliphatic carbocycles. The minimum Gasteiger partial charge on any atom is -0.507 e. The number of nitrogens with zero attached hydrogens (tertiary/aromatic N) is 1. The van der Waals surface area contributed by atoms with Gasteiger partial charge in [0.25, 0.3) is 5.76 Å². The predicted octanol–water partition coefficient (Wildman–Crippen LogP) is 5.17. The van der Waals surface area contributed by atoms with Gasteiger partial charge in [-0.2, -0.15) is 13.2 Å². The van der Waals surface area contributed by atoms with Crippen molar-refractivity contribution in [3.63, 3.8) is 0 Å². The Labute approximate surface area is 201 Å². The van der Waals surface area contributed by atoms with Crippen LogP contribution in [0.4, 0.5) is 13.2 Å². The van der Waals surface area contributed by atoms with Gasteiger partial charge in [-0.1, -0.05) is 12.1 Å². The van der Waals surface area contributed by atoms with Gasteiger partial charge >= 0.3 is 6.18 Å². The van der Waals surface area contributed by atoms with Gasteiger partial charge in [-0.15, -0.1) is 0 Å². The Morgan fingerprint density at radius 3 is 2.29 bits per heavy atom. The first kappa shape index (κ1) is 26.0. The fourth-order valence-corrected chi connectivity index (χ4v) is 3.66. The van der Waals surface area contributed by atoms with Crippen molar-refractivity contribution in [2.24, 2.45) is 0 Å². The summed E-state index contributed by atoms with van der Waals surface area (Å²) in [5.41, 5.74) is -1.33. The number of fused-ring (bicyclic) bond motifs is 1. The molecule has 0 fully saturated rings. The standard InChI is InChI=1S/C23H23BrF3NO6/c1-31-11-9-28(10-12-32-2)13-15-17(29)8-7-14-19(30)21(22(23(25,26)27)34-20(14)15)33-18-6-4-3-5-16(18)24/h3-8,29H,9-13H2,1-2H3. The van der Waals surface area contributed by atoms with Crippen molar-refractivity contribution in [3.8, 4) is 17.2 Å². The van der Waals surface area contributed by atoms with Crippen LogP contribution < -0.4 is 10.2 Å². The van der Waals surface area contributed by atoms with Gasteiger partial charge in [0.15, 0.2) is 0 Å². The molecule has 3 aromatic rings. The fourth-order valence-electron chi connectivity index (χ4n) is 3.29. The maximum Gasteiger partial charge on any atom is 0.453 e. The Hall–Kier alpha value is -2.60. The number of methoxy groups -OCH3 is 2. The first-order valence-corrected chi connectivity index (χ1v) is 11.0. The molecule has 0 amide bonds. The van der Waals surface area contributed by atoms with E-state index < -0.39 is 23.1 Å². The normalized spacial score (nSPS) is 12.0. The number of phenolic OH excluding ortho intramolecular Hbond substituents is 1. The molecule has 0 saturated heterocycles. The number of aromatic hydroxyl groups is 1. The maximum atomic E-state index is 14.0. The molecular weight excluding hydrogens is 523 g/mol. The molecule has 0 unspecified atom stereocenters. The number of halogens is 4. The van der Waals surface area contributed by atoms with Crippen molar-refractivity contribution < 1.29 is 36.9 Å². The van der Waals surface area contributed by atoms with E-state index in [0.29, 0.717) is 30.8 Å². The molecule has 2 aromatic carbocycles. The smallest absolute Gasteiger partial charge is 0.453 e. The average molecular weight is 546 g/mol.